The minimum absolute atomic E-state index is 0.342. The zero-order chi connectivity index (χ0) is 11.9. The van der Waals surface area contributed by atoms with Gasteiger partial charge < -0.3 is 10.6 Å². The number of amides is 1. The Morgan fingerprint density at radius 3 is 2.81 bits per heavy atom. The Hall–Kier alpha value is -1.57. The fraction of sp³-hybridized carbons (Fsp3) is 0.500. The fourth-order valence-corrected chi connectivity index (χ4v) is 2.50. The van der Waals surface area contributed by atoms with E-state index in [1.807, 2.05) is 0 Å². The van der Waals surface area contributed by atoms with Crippen molar-refractivity contribution in [3.8, 4) is 0 Å². The van der Waals surface area contributed by atoms with Crippen LogP contribution in [0.4, 0.5) is 5.95 Å². The summed E-state index contributed by atoms with van der Waals surface area (Å²) in [5.41, 5.74) is 4.72. The van der Waals surface area contributed by atoms with Crippen LogP contribution >= 0.6 is 11.8 Å². The van der Waals surface area contributed by atoms with E-state index < -0.39 is 17.6 Å². The largest absolute Gasteiger partial charge is 0.368 e. The Morgan fingerprint density at radius 2 is 2.25 bits per heavy atom. The second kappa shape index (κ2) is 3.78. The molecule has 1 atom stereocenters. The van der Waals surface area contributed by atoms with Gasteiger partial charge in [0.2, 0.25) is 11.9 Å². The van der Waals surface area contributed by atoms with Crippen LogP contribution in [-0.4, -0.2) is 40.3 Å². The highest BCUT2D eigenvalue weighted by atomic mass is 32.2. The Labute approximate surface area is 95.7 Å². The van der Waals surface area contributed by atoms with Gasteiger partial charge in [0.05, 0.1) is 0 Å². The van der Waals surface area contributed by atoms with Gasteiger partial charge in [-0.3, -0.25) is 9.36 Å². The lowest BCUT2D eigenvalue weighted by Crippen LogP contribution is -2.35. The second-order valence-corrected chi connectivity index (χ2v) is 4.57. The van der Waals surface area contributed by atoms with Gasteiger partial charge in [-0.25, -0.2) is 4.79 Å². The van der Waals surface area contributed by atoms with E-state index in [2.05, 4.69) is 9.97 Å². The minimum atomic E-state index is -0.635. The summed E-state index contributed by atoms with van der Waals surface area (Å²) in [6, 6.07) is -0.635. The molecule has 1 aromatic heterocycles. The number of fused-ring (bicyclic) bond motifs is 1. The predicted octanol–water partition coefficient (Wildman–Crippen LogP) is -1.16. The number of aromatic nitrogens is 3. The van der Waals surface area contributed by atoms with Crippen LogP contribution < -0.4 is 16.3 Å². The summed E-state index contributed by atoms with van der Waals surface area (Å²) in [6.45, 7) is 0. The molecule has 2 heterocycles. The SMILES string of the molecule is CN(C)c1nc2n(c(=O)n1)[C@@H](C(N)=O)CS2. The molecule has 1 aliphatic heterocycles. The first-order chi connectivity index (χ1) is 7.50. The Balaban J connectivity index is 2.54. The first-order valence-electron chi connectivity index (χ1n) is 4.60. The third-order valence-electron chi connectivity index (χ3n) is 2.21. The normalized spacial score (nSPS) is 18.2. The van der Waals surface area contributed by atoms with Crippen molar-refractivity contribution in [2.24, 2.45) is 5.73 Å². The van der Waals surface area contributed by atoms with E-state index in [-0.39, 0.29) is 0 Å². The summed E-state index contributed by atoms with van der Waals surface area (Å²) in [4.78, 5) is 32.4. The molecular weight excluding hydrogens is 230 g/mol. The zero-order valence-corrected chi connectivity index (χ0v) is 9.69. The van der Waals surface area contributed by atoms with Gasteiger partial charge in [-0.2, -0.15) is 9.97 Å². The van der Waals surface area contributed by atoms with Crippen molar-refractivity contribution in [2.75, 3.05) is 24.7 Å². The van der Waals surface area contributed by atoms with Crippen LogP contribution in [0, 0.1) is 0 Å². The van der Waals surface area contributed by atoms with Crippen LogP contribution in [-0.2, 0) is 4.79 Å². The van der Waals surface area contributed by atoms with Crippen molar-refractivity contribution in [3.63, 3.8) is 0 Å². The molecule has 0 saturated heterocycles. The summed E-state index contributed by atoms with van der Waals surface area (Å²) in [5, 5.41) is 0.493. The van der Waals surface area contributed by atoms with Gasteiger partial charge in [-0.05, 0) is 0 Å². The summed E-state index contributed by atoms with van der Waals surface area (Å²) >= 11 is 1.33. The first-order valence-corrected chi connectivity index (χ1v) is 5.59. The highest BCUT2D eigenvalue weighted by Gasteiger charge is 2.30. The number of primary amides is 1. The Kier molecular flexibility index (Phi) is 2.58. The third-order valence-corrected chi connectivity index (χ3v) is 3.24. The van der Waals surface area contributed by atoms with Gasteiger partial charge >= 0.3 is 5.69 Å². The summed E-state index contributed by atoms with van der Waals surface area (Å²) < 4.78 is 1.25. The highest BCUT2D eigenvalue weighted by Crippen LogP contribution is 2.29. The molecule has 2 N–H and O–H groups in total. The molecule has 1 amide bonds. The molecule has 2 rings (SSSR count). The molecule has 0 fully saturated rings. The molecule has 0 aromatic carbocycles. The van der Waals surface area contributed by atoms with Crippen LogP contribution in [0.3, 0.4) is 0 Å². The molecule has 0 bridgehead atoms. The molecule has 7 nitrogen and oxygen atoms in total. The van der Waals surface area contributed by atoms with Crippen molar-refractivity contribution < 1.29 is 4.79 Å². The molecule has 0 radical (unpaired) electrons. The van der Waals surface area contributed by atoms with E-state index in [0.717, 1.165) is 0 Å². The maximum atomic E-state index is 11.7. The second-order valence-electron chi connectivity index (χ2n) is 3.58. The van der Waals surface area contributed by atoms with E-state index in [0.29, 0.717) is 16.9 Å². The van der Waals surface area contributed by atoms with Crippen LogP contribution in [0.5, 0.6) is 0 Å². The minimum Gasteiger partial charge on any atom is -0.368 e. The molecule has 1 aromatic rings. The van der Waals surface area contributed by atoms with Crippen molar-refractivity contribution in [1.82, 2.24) is 14.5 Å². The highest BCUT2D eigenvalue weighted by molar-refractivity contribution is 7.99. The lowest BCUT2D eigenvalue weighted by atomic mass is 10.3. The molecule has 0 aliphatic carbocycles. The molecule has 0 spiro atoms. The Bertz CT molecular complexity index is 498. The number of hydrogen-bond donors (Lipinski definition) is 1. The van der Waals surface area contributed by atoms with Crippen molar-refractivity contribution in [1.29, 1.82) is 0 Å². The van der Waals surface area contributed by atoms with Crippen molar-refractivity contribution in [3.05, 3.63) is 10.5 Å². The number of hydrogen-bond acceptors (Lipinski definition) is 6. The molecule has 0 unspecified atom stereocenters. The van der Waals surface area contributed by atoms with Crippen LogP contribution in [0.1, 0.15) is 6.04 Å². The first kappa shape index (κ1) is 10.9. The van der Waals surface area contributed by atoms with E-state index in [1.54, 1.807) is 19.0 Å². The van der Waals surface area contributed by atoms with Crippen LogP contribution in [0.2, 0.25) is 0 Å². The number of nitrogens with zero attached hydrogens (tertiary/aromatic N) is 4. The molecule has 0 saturated carbocycles. The van der Waals surface area contributed by atoms with E-state index in [4.69, 9.17) is 5.73 Å². The Morgan fingerprint density at radius 1 is 1.56 bits per heavy atom. The summed E-state index contributed by atoms with van der Waals surface area (Å²) in [7, 11) is 3.49. The standard InChI is InChI=1S/C8H11N5O2S/c1-12(2)6-10-7(15)13-4(5(9)14)3-16-8(13)11-6/h4H,3H2,1-2H3,(H2,9,14)/t4-/m1/s1. The smallest absolute Gasteiger partial charge is 0.353 e. The summed E-state index contributed by atoms with van der Waals surface area (Å²) in [5.74, 6) is 0.249. The zero-order valence-electron chi connectivity index (χ0n) is 8.88. The number of rotatable bonds is 2. The predicted molar refractivity (Wildman–Crippen MR) is 59.6 cm³/mol. The topological polar surface area (TPSA) is 94.1 Å². The molecule has 8 heteroatoms. The maximum absolute atomic E-state index is 11.7. The average molecular weight is 241 g/mol. The number of nitrogens with two attached hydrogens (primary N) is 1. The molecule has 1 aliphatic rings. The van der Waals surface area contributed by atoms with Crippen molar-refractivity contribution >= 4 is 23.6 Å². The van der Waals surface area contributed by atoms with E-state index in [9.17, 15) is 9.59 Å². The number of carbonyl (C=O) groups is 1. The van der Waals surface area contributed by atoms with E-state index in [1.165, 1.54) is 16.3 Å². The van der Waals surface area contributed by atoms with Gasteiger partial charge in [0.1, 0.15) is 6.04 Å². The van der Waals surface area contributed by atoms with Gasteiger partial charge in [0, 0.05) is 19.8 Å². The summed E-state index contributed by atoms with van der Waals surface area (Å²) in [6.07, 6.45) is 0. The number of thioether (sulfide) groups is 1. The quantitative estimate of drug-likeness (QED) is 0.701. The fourth-order valence-electron chi connectivity index (χ4n) is 1.39. The van der Waals surface area contributed by atoms with Crippen molar-refractivity contribution in [2.45, 2.75) is 11.2 Å². The molecular formula is C8H11N5O2S. The lowest BCUT2D eigenvalue weighted by Gasteiger charge is -2.12. The van der Waals surface area contributed by atoms with Gasteiger partial charge in [0.15, 0.2) is 5.16 Å². The monoisotopic (exact) mass is 241 g/mol. The van der Waals surface area contributed by atoms with Crippen LogP contribution in [0.25, 0.3) is 0 Å². The molecule has 16 heavy (non-hydrogen) atoms. The molecule has 86 valence electrons. The lowest BCUT2D eigenvalue weighted by molar-refractivity contribution is -0.120. The van der Waals surface area contributed by atoms with Crippen LogP contribution in [0.15, 0.2) is 9.95 Å². The van der Waals surface area contributed by atoms with E-state index >= 15 is 0 Å². The van der Waals surface area contributed by atoms with Gasteiger partial charge in [-0.1, -0.05) is 11.8 Å². The van der Waals surface area contributed by atoms with Gasteiger partial charge in [-0.15, -0.1) is 0 Å². The number of anilines is 1. The van der Waals surface area contributed by atoms with Gasteiger partial charge in [0.25, 0.3) is 0 Å². The average Bonchev–Trinajstić information content (AvgIpc) is 2.61. The number of carbonyl (C=O) groups excluding carboxylic acids is 1. The third kappa shape index (κ3) is 1.64. The maximum Gasteiger partial charge on any atom is 0.353 e.